The first-order chi connectivity index (χ1) is 14.8. The van der Waals surface area contributed by atoms with Gasteiger partial charge in [0.05, 0.1) is 4.90 Å². The van der Waals surface area contributed by atoms with Gasteiger partial charge in [0.2, 0.25) is 10.0 Å². The van der Waals surface area contributed by atoms with E-state index in [0.29, 0.717) is 11.4 Å². The first kappa shape index (κ1) is 26.4. The molecule has 2 aromatic carbocycles. The zero-order valence-electron chi connectivity index (χ0n) is 19.5. The molecule has 32 heavy (non-hydrogen) atoms. The third kappa shape index (κ3) is 5.74. The average Bonchev–Trinajstić information content (AvgIpc) is 2.76. The maximum atomic E-state index is 12.6. The molecule has 1 aliphatic heterocycles. The number of nitrogens with one attached hydrogen (secondary N) is 1. The highest BCUT2D eigenvalue weighted by Crippen LogP contribution is 2.24. The second-order valence-corrected chi connectivity index (χ2v) is 10.1. The first-order valence-electron chi connectivity index (χ1n) is 10.5. The lowest BCUT2D eigenvalue weighted by molar-refractivity contribution is 0.372. The van der Waals surface area contributed by atoms with Crippen molar-refractivity contribution in [1.82, 2.24) is 14.5 Å². The van der Waals surface area contributed by atoms with Crippen molar-refractivity contribution in [3.8, 4) is 0 Å². The van der Waals surface area contributed by atoms with E-state index in [0.717, 1.165) is 37.7 Å². The van der Waals surface area contributed by atoms with Crippen LogP contribution in [0, 0.1) is 13.8 Å². The molecule has 0 atom stereocenters. The van der Waals surface area contributed by atoms with Crippen molar-refractivity contribution in [2.45, 2.75) is 25.3 Å². The Bertz CT molecular complexity index is 1050. The minimum absolute atomic E-state index is 0. The number of benzene rings is 2. The Hall–Kier alpha value is -1.85. The smallest absolute Gasteiger partial charge is 0.242 e. The molecule has 2 aromatic rings. The summed E-state index contributed by atoms with van der Waals surface area (Å²) in [6.07, 6.45) is 0. The number of aryl methyl sites for hydroxylation is 1. The SMILES string of the molecule is CN=C(NCc1ccccc1S(=O)(=O)N(C)C)N1CCN(c2cccc(C)c2C)CC1.I. The van der Waals surface area contributed by atoms with Gasteiger partial charge >= 0.3 is 0 Å². The van der Waals surface area contributed by atoms with Gasteiger partial charge in [0.1, 0.15) is 0 Å². The van der Waals surface area contributed by atoms with E-state index in [1.807, 2.05) is 12.1 Å². The van der Waals surface area contributed by atoms with Crippen LogP contribution in [0.2, 0.25) is 0 Å². The Labute approximate surface area is 209 Å². The van der Waals surface area contributed by atoms with E-state index in [1.165, 1.54) is 21.1 Å². The van der Waals surface area contributed by atoms with E-state index in [1.54, 1.807) is 33.3 Å². The lowest BCUT2D eigenvalue weighted by atomic mass is 10.1. The number of guanidine groups is 1. The second-order valence-electron chi connectivity index (χ2n) is 7.99. The lowest BCUT2D eigenvalue weighted by Crippen LogP contribution is -2.52. The quantitative estimate of drug-likeness (QED) is 0.340. The Morgan fingerprint density at radius 1 is 1.03 bits per heavy atom. The van der Waals surface area contributed by atoms with Crippen LogP contribution >= 0.6 is 24.0 Å². The minimum atomic E-state index is -3.50. The van der Waals surface area contributed by atoms with Gasteiger partial charge < -0.3 is 15.1 Å². The summed E-state index contributed by atoms with van der Waals surface area (Å²) in [4.78, 5) is 9.41. The van der Waals surface area contributed by atoms with E-state index in [9.17, 15) is 8.42 Å². The van der Waals surface area contributed by atoms with Crippen LogP contribution in [0.5, 0.6) is 0 Å². The molecule has 3 rings (SSSR count). The Kier molecular flexibility index (Phi) is 9.35. The normalized spacial score (nSPS) is 15.0. The number of rotatable bonds is 5. The van der Waals surface area contributed by atoms with Crippen molar-refractivity contribution < 1.29 is 8.42 Å². The predicted octanol–water partition coefficient (Wildman–Crippen LogP) is 3.07. The summed E-state index contributed by atoms with van der Waals surface area (Å²) < 4.78 is 26.5. The number of halogens is 1. The van der Waals surface area contributed by atoms with Crippen LogP contribution in [0.4, 0.5) is 5.69 Å². The molecule has 0 unspecified atom stereocenters. The van der Waals surface area contributed by atoms with Crippen molar-refractivity contribution in [2.75, 3.05) is 52.2 Å². The maximum Gasteiger partial charge on any atom is 0.242 e. The molecule has 0 aliphatic carbocycles. The van der Waals surface area contributed by atoms with Crippen LogP contribution in [-0.2, 0) is 16.6 Å². The molecule has 7 nitrogen and oxygen atoms in total. The van der Waals surface area contributed by atoms with Gasteiger partial charge in [-0.3, -0.25) is 4.99 Å². The zero-order valence-corrected chi connectivity index (χ0v) is 22.6. The molecular formula is C23H34IN5O2S. The standard InChI is InChI=1S/C23H33N5O2S.HI/c1-18-9-8-11-21(19(18)2)27-13-15-28(16-14-27)23(24-3)25-17-20-10-6-7-12-22(20)31(29,30)26(4)5;/h6-12H,13-17H2,1-5H3,(H,24,25);1H. The Morgan fingerprint density at radius 2 is 1.69 bits per heavy atom. The molecule has 0 spiro atoms. The summed E-state index contributed by atoms with van der Waals surface area (Å²) in [5, 5.41) is 3.36. The molecule has 0 bridgehead atoms. The monoisotopic (exact) mass is 571 g/mol. The summed E-state index contributed by atoms with van der Waals surface area (Å²) in [7, 11) is 1.37. The summed E-state index contributed by atoms with van der Waals surface area (Å²) in [5.41, 5.74) is 4.66. The van der Waals surface area contributed by atoms with Gasteiger partial charge in [-0.2, -0.15) is 0 Å². The number of aliphatic imine (C=N–C) groups is 1. The fourth-order valence-corrected chi connectivity index (χ4v) is 4.96. The molecular weight excluding hydrogens is 537 g/mol. The van der Waals surface area contributed by atoms with Crippen molar-refractivity contribution in [1.29, 1.82) is 0 Å². The summed E-state index contributed by atoms with van der Waals surface area (Å²) in [6, 6.07) is 13.6. The highest BCUT2D eigenvalue weighted by Gasteiger charge is 2.23. The number of sulfonamides is 1. The summed E-state index contributed by atoms with van der Waals surface area (Å²) >= 11 is 0. The van der Waals surface area contributed by atoms with Gasteiger partial charge in [0.15, 0.2) is 5.96 Å². The van der Waals surface area contributed by atoms with Crippen molar-refractivity contribution in [3.05, 3.63) is 59.2 Å². The van der Waals surface area contributed by atoms with Gasteiger partial charge in [-0.25, -0.2) is 12.7 Å². The fraction of sp³-hybridized carbons (Fsp3) is 0.435. The summed E-state index contributed by atoms with van der Waals surface area (Å²) in [6.45, 7) is 8.25. The van der Waals surface area contributed by atoms with E-state index in [2.05, 4.69) is 52.2 Å². The molecule has 1 saturated heterocycles. The minimum Gasteiger partial charge on any atom is -0.368 e. The first-order valence-corrected chi connectivity index (χ1v) is 12.0. The van der Waals surface area contributed by atoms with Gasteiger partial charge in [-0.1, -0.05) is 30.3 Å². The largest absolute Gasteiger partial charge is 0.368 e. The van der Waals surface area contributed by atoms with Crippen molar-refractivity contribution in [3.63, 3.8) is 0 Å². The van der Waals surface area contributed by atoms with Crippen LogP contribution in [0.15, 0.2) is 52.4 Å². The molecule has 0 radical (unpaired) electrons. The average molecular weight is 572 g/mol. The molecule has 1 fully saturated rings. The lowest BCUT2D eigenvalue weighted by Gasteiger charge is -2.38. The molecule has 1 N–H and O–H groups in total. The Morgan fingerprint density at radius 3 is 2.31 bits per heavy atom. The number of hydrogen-bond acceptors (Lipinski definition) is 4. The van der Waals surface area contributed by atoms with E-state index >= 15 is 0 Å². The highest BCUT2D eigenvalue weighted by molar-refractivity contribution is 14.0. The molecule has 1 heterocycles. The molecule has 0 saturated carbocycles. The van der Waals surface area contributed by atoms with Gasteiger partial charge in [-0.05, 0) is 42.7 Å². The summed E-state index contributed by atoms with van der Waals surface area (Å²) in [5.74, 6) is 0.790. The number of hydrogen-bond donors (Lipinski definition) is 1. The molecule has 1 aliphatic rings. The number of nitrogens with zero attached hydrogens (tertiary/aromatic N) is 4. The third-order valence-electron chi connectivity index (χ3n) is 5.88. The molecule has 9 heteroatoms. The van der Waals surface area contributed by atoms with Gasteiger partial charge in [0, 0.05) is 59.6 Å². The highest BCUT2D eigenvalue weighted by atomic mass is 127. The van der Waals surface area contributed by atoms with Gasteiger partial charge in [0.25, 0.3) is 0 Å². The molecule has 176 valence electrons. The third-order valence-corrected chi connectivity index (χ3v) is 7.79. The fourth-order valence-electron chi connectivity index (χ4n) is 3.84. The van der Waals surface area contributed by atoms with E-state index in [-0.39, 0.29) is 24.0 Å². The van der Waals surface area contributed by atoms with Crippen LogP contribution in [0.25, 0.3) is 0 Å². The van der Waals surface area contributed by atoms with Crippen molar-refractivity contribution >= 4 is 45.6 Å². The van der Waals surface area contributed by atoms with Crippen LogP contribution in [0.1, 0.15) is 16.7 Å². The molecule has 0 amide bonds. The Balaban J connectivity index is 0.00000363. The number of anilines is 1. The van der Waals surface area contributed by atoms with Crippen molar-refractivity contribution in [2.24, 2.45) is 4.99 Å². The predicted molar refractivity (Wildman–Crippen MR) is 143 cm³/mol. The maximum absolute atomic E-state index is 12.6. The number of piperazine rings is 1. The molecule has 0 aromatic heterocycles. The van der Waals surface area contributed by atoms with E-state index in [4.69, 9.17) is 0 Å². The second kappa shape index (κ2) is 11.3. The van der Waals surface area contributed by atoms with Crippen LogP contribution in [0.3, 0.4) is 0 Å². The zero-order chi connectivity index (χ0) is 22.6. The van der Waals surface area contributed by atoms with Gasteiger partial charge in [-0.15, -0.1) is 24.0 Å². The van der Waals surface area contributed by atoms with Crippen LogP contribution in [-0.4, -0.2) is 70.9 Å². The van der Waals surface area contributed by atoms with Crippen LogP contribution < -0.4 is 10.2 Å². The topological polar surface area (TPSA) is 68.2 Å². The van der Waals surface area contributed by atoms with E-state index < -0.39 is 10.0 Å².